The highest BCUT2D eigenvalue weighted by Gasteiger charge is 1.94. The van der Waals surface area contributed by atoms with Gasteiger partial charge in [-0.05, 0) is 16.7 Å². The molecule has 1 heteroatoms. The monoisotopic (exact) mass is 225 g/mol. The lowest BCUT2D eigenvalue weighted by Crippen LogP contribution is -2.15. The molecule has 0 aliphatic heterocycles. The van der Waals surface area contributed by atoms with Gasteiger partial charge in [0.25, 0.3) is 0 Å². The Morgan fingerprint density at radius 1 is 1.12 bits per heavy atom. The molecule has 1 nitrogen and oxygen atoms in total. The first-order chi connectivity index (χ1) is 8.30. The van der Waals surface area contributed by atoms with E-state index in [1.54, 1.807) is 6.08 Å². The van der Waals surface area contributed by atoms with Crippen LogP contribution in [-0.4, -0.2) is 6.54 Å². The van der Waals surface area contributed by atoms with Gasteiger partial charge in [-0.1, -0.05) is 68.3 Å². The fraction of sp³-hybridized carbons (Fsp3) is 0.125. The van der Waals surface area contributed by atoms with Crippen molar-refractivity contribution >= 4 is 6.08 Å². The highest BCUT2D eigenvalue weighted by molar-refractivity contribution is 5.47. The van der Waals surface area contributed by atoms with E-state index < -0.39 is 0 Å². The van der Waals surface area contributed by atoms with Gasteiger partial charge in [-0.15, -0.1) is 0 Å². The Hall–Kier alpha value is -1.86. The molecule has 0 atom stereocenters. The molecule has 0 saturated carbocycles. The number of nitrogens with one attached hydrogen (secondary N) is 1. The highest BCUT2D eigenvalue weighted by atomic mass is 14.8. The zero-order chi connectivity index (χ0) is 12.5. The Morgan fingerprint density at radius 3 is 2.35 bits per heavy atom. The molecule has 0 radical (unpaired) electrons. The van der Waals surface area contributed by atoms with Crippen molar-refractivity contribution in [2.45, 2.75) is 6.54 Å². The van der Waals surface area contributed by atoms with Gasteiger partial charge in [-0.25, -0.2) is 0 Å². The summed E-state index contributed by atoms with van der Waals surface area (Å²) in [6.45, 7) is 12.8. The second kappa shape index (κ2) is 7.42. The lowest BCUT2D eigenvalue weighted by Gasteiger charge is -2.05. The second-order valence-corrected chi connectivity index (χ2v) is 3.73. The molecule has 0 aliphatic rings. The Kier molecular flexibility index (Phi) is 5.76. The SMILES string of the molecule is C=C/C=C(\C=C)CNCc1ccc(C=C)cc1. The first-order valence-electron chi connectivity index (χ1n) is 5.66. The van der Waals surface area contributed by atoms with Crippen LogP contribution < -0.4 is 5.32 Å². The minimum Gasteiger partial charge on any atom is -0.309 e. The minimum absolute atomic E-state index is 0.804. The maximum absolute atomic E-state index is 3.76. The average molecular weight is 225 g/mol. The van der Waals surface area contributed by atoms with Gasteiger partial charge in [0.05, 0.1) is 0 Å². The molecule has 0 saturated heterocycles. The van der Waals surface area contributed by atoms with Crippen molar-refractivity contribution in [3.8, 4) is 0 Å². The van der Waals surface area contributed by atoms with Crippen LogP contribution in [0.4, 0.5) is 0 Å². The van der Waals surface area contributed by atoms with Gasteiger partial charge in [0.1, 0.15) is 0 Å². The predicted octanol–water partition coefficient (Wildman–Crippen LogP) is 3.72. The van der Waals surface area contributed by atoms with E-state index in [0.717, 1.165) is 24.2 Å². The van der Waals surface area contributed by atoms with Gasteiger partial charge in [0, 0.05) is 13.1 Å². The van der Waals surface area contributed by atoms with Crippen molar-refractivity contribution in [1.29, 1.82) is 0 Å². The first-order valence-corrected chi connectivity index (χ1v) is 5.66. The van der Waals surface area contributed by atoms with E-state index in [0.29, 0.717) is 0 Å². The van der Waals surface area contributed by atoms with E-state index in [-0.39, 0.29) is 0 Å². The Bertz CT molecular complexity index is 410. The van der Waals surface area contributed by atoms with Gasteiger partial charge in [-0.3, -0.25) is 0 Å². The zero-order valence-electron chi connectivity index (χ0n) is 10.2. The molecular formula is C16H19N. The van der Waals surface area contributed by atoms with Crippen LogP contribution in [0.5, 0.6) is 0 Å². The molecule has 1 N–H and O–H groups in total. The van der Waals surface area contributed by atoms with Crippen LogP contribution in [0.25, 0.3) is 6.08 Å². The summed E-state index contributed by atoms with van der Waals surface area (Å²) in [5.74, 6) is 0. The van der Waals surface area contributed by atoms with E-state index in [1.807, 2.05) is 18.2 Å². The Labute approximate surface area is 104 Å². The van der Waals surface area contributed by atoms with Crippen molar-refractivity contribution in [1.82, 2.24) is 5.32 Å². The van der Waals surface area contributed by atoms with Crippen molar-refractivity contribution in [3.05, 3.63) is 78.9 Å². The summed E-state index contributed by atoms with van der Waals surface area (Å²) < 4.78 is 0. The van der Waals surface area contributed by atoms with Gasteiger partial charge >= 0.3 is 0 Å². The second-order valence-electron chi connectivity index (χ2n) is 3.73. The first kappa shape index (κ1) is 13.2. The highest BCUT2D eigenvalue weighted by Crippen LogP contribution is 2.05. The summed E-state index contributed by atoms with van der Waals surface area (Å²) in [6, 6.07) is 8.35. The molecule has 0 amide bonds. The lowest BCUT2D eigenvalue weighted by molar-refractivity contribution is 0.747. The van der Waals surface area contributed by atoms with Crippen LogP contribution in [0, 0.1) is 0 Å². The van der Waals surface area contributed by atoms with Gasteiger partial charge in [0.15, 0.2) is 0 Å². The number of benzene rings is 1. The van der Waals surface area contributed by atoms with E-state index in [9.17, 15) is 0 Å². The van der Waals surface area contributed by atoms with Gasteiger partial charge < -0.3 is 5.32 Å². The fourth-order valence-corrected chi connectivity index (χ4v) is 1.47. The Morgan fingerprint density at radius 2 is 1.82 bits per heavy atom. The van der Waals surface area contributed by atoms with Crippen molar-refractivity contribution in [3.63, 3.8) is 0 Å². The third kappa shape index (κ3) is 4.66. The molecule has 0 heterocycles. The third-order valence-electron chi connectivity index (χ3n) is 2.47. The molecule has 0 unspecified atom stereocenters. The zero-order valence-corrected chi connectivity index (χ0v) is 10.2. The van der Waals surface area contributed by atoms with E-state index in [1.165, 1.54) is 5.56 Å². The summed E-state index contributed by atoms with van der Waals surface area (Å²) in [5, 5.41) is 3.36. The van der Waals surface area contributed by atoms with Gasteiger partial charge in [-0.2, -0.15) is 0 Å². The van der Waals surface area contributed by atoms with Crippen LogP contribution in [0.15, 0.2) is 67.8 Å². The molecule has 0 bridgehead atoms. The minimum atomic E-state index is 0.804. The third-order valence-corrected chi connectivity index (χ3v) is 2.47. The largest absolute Gasteiger partial charge is 0.309 e. The van der Waals surface area contributed by atoms with E-state index in [2.05, 4.69) is 49.3 Å². The smallest absolute Gasteiger partial charge is 0.0208 e. The lowest BCUT2D eigenvalue weighted by atomic mass is 10.1. The number of rotatable bonds is 7. The van der Waals surface area contributed by atoms with Crippen LogP contribution in [-0.2, 0) is 6.54 Å². The standard InChI is InChI=1S/C16H19N/c1-4-7-15(6-3)12-17-13-16-10-8-14(5-2)9-11-16/h4-11,17H,1-3,12-13H2/b15-7+. The summed E-state index contributed by atoms with van der Waals surface area (Å²) in [6.07, 6.45) is 7.42. The molecule has 0 spiro atoms. The molecule has 0 aromatic heterocycles. The van der Waals surface area contributed by atoms with Crippen LogP contribution in [0.3, 0.4) is 0 Å². The Balaban J connectivity index is 2.44. The number of hydrogen-bond donors (Lipinski definition) is 1. The van der Waals surface area contributed by atoms with Crippen LogP contribution >= 0.6 is 0 Å². The molecule has 0 aliphatic carbocycles. The van der Waals surface area contributed by atoms with E-state index in [4.69, 9.17) is 0 Å². The maximum Gasteiger partial charge on any atom is 0.0208 e. The molecule has 0 fully saturated rings. The van der Waals surface area contributed by atoms with Crippen LogP contribution in [0.1, 0.15) is 11.1 Å². The van der Waals surface area contributed by atoms with Crippen LogP contribution in [0.2, 0.25) is 0 Å². The topological polar surface area (TPSA) is 12.0 Å². The van der Waals surface area contributed by atoms with Crippen molar-refractivity contribution in [2.24, 2.45) is 0 Å². The fourth-order valence-electron chi connectivity index (χ4n) is 1.47. The molecule has 88 valence electrons. The number of allylic oxidation sites excluding steroid dienone is 2. The molecule has 1 rings (SSSR count). The summed E-state index contributed by atoms with van der Waals surface area (Å²) in [4.78, 5) is 0. The number of hydrogen-bond acceptors (Lipinski definition) is 1. The quantitative estimate of drug-likeness (QED) is 0.697. The van der Waals surface area contributed by atoms with Crippen molar-refractivity contribution in [2.75, 3.05) is 6.54 Å². The van der Waals surface area contributed by atoms with Crippen molar-refractivity contribution < 1.29 is 0 Å². The molecular weight excluding hydrogens is 206 g/mol. The molecule has 1 aromatic rings. The maximum atomic E-state index is 3.76. The van der Waals surface area contributed by atoms with E-state index >= 15 is 0 Å². The summed E-state index contributed by atoms with van der Waals surface area (Å²) in [7, 11) is 0. The average Bonchev–Trinajstić information content (AvgIpc) is 2.38. The summed E-state index contributed by atoms with van der Waals surface area (Å²) >= 11 is 0. The normalized spacial score (nSPS) is 10.9. The predicted molar refractivity (Wildman–Crippen MR) is 76.7 cm³/mol. The van der Waals surface area contributed by atoms with Gasteiger partial charge in [0.2, 0.25) is 0 Å². The molecule has 17 heavy (non-hydrogen) atoms. The summed E-state index contributed by atoms with van der Waals surface area (Å²) in [5.41, 5.74) is 3.55. The molecule has 1 aromatic carbocycles.